The molecular formula is C30H28N4O4S. The molecule has 0 spiro atoms. The second-order valence-electron chi connectivity index (χ2n) is 9.20. The van der Waals surface area contributed by atoms with Crippen molar-refractivity contribution in [3.63, 3.8) is 0 Å². The minimum absolute atomic E-state index is 0.166. The zero-order valence-electron chi connectivity index (χ0n) is 21.6. The molecule has 198 valence electrons. The summed E-state index contributed by atoms with van der Waals surface area (Å²) in [4.78, 5) is 44.1. The Morgan fingerprint density at radius 2 is 1.74 bits per heavy atom. The fourth-order valence-electron chi connectivity index (χ4n) is 4.55. The molecule has 9 heteroatoms. The Kier molecular flexibility index (Phi) is 7.79. The number of ether oxygens (including phenoxy) is 1. The zero-order chi connectivity index (χ0) is 27.4. The van der Waals surface area contributed by atoms with Crippen LogP contribution in [0.5, 0.6) is 0 Å². The number of thioether (sulfide) groups is 1. The van der Waals surface area contributed by atoms with Crippen molar-refractivity contribution in [2.45, 2.75) is 31.6 Å². The molecule has 0 aliphatic carbocycles. The first-order valence-electron chi connectivity index (χ1n) is 12.7. The maximum Gasteiger partial charge on any atom is 0.319 e. The Morgan fingerprint density at radius 1 is 1.03 bits per heavy atom. The van der Waals surface area contributed by atoms with Crippen LogP contribution in [-0.4, -0.2) is 28.2 Å². The summed E-state index contributed by atoms with van der Waals surface area (Å²) in [5.41, 5.74) is 3.64. The highest BCUT2D eigenvalue weighted by molar-refractivity contribution is 8.02. The predicted octanol–water partition coefficient (Wildman–Crippen LogP) is 4.92. The zero-order valence-corrected chi connectivity index (χ0v) is 22.4. The molecule has 2 atom stereocenters. The second-order valence-corrected chi connectivity index (χ2v) is 10.0. The van der Waals surface area contributed by atoms with Gasteiger partial charge in [-0.25, -0.2) is 9.78 Å². The average molecular weight is 541 g/mol. The van der Waals surface area contributed by atoms with Gasteiger partial charge in [-0.15, -0.1) is 0 Å². The number of hydrogen-bond acceptors (Lipinski definition) is 6. The number of hydrogen-bond donors (Lipinski definition) is 2. The van der Waals surface area contributed by atoms with Gasteiger partial charge in [0, 0.05) is 5.70 Å². The SMILES string of the molecule is CCOC(=O)[C@H]1/C(=C\Sc2nc3ccccc3c(=O)n2Cc2ccc(C)cc2)NC(=O)N[C@H]1c1ccccc1. The first-order chi connectivity index (χ1) is 18.9. The van der Waals surface area contributed by atoms with E-state index in [-0.39, 0.29) is 12.2 Å². The van der Waals surface area contributed by atoms with E-state index in [1.165, 1.54) is 11.8 Å². The van der Waals surface area contributed by atoms with E-state index in [0.717, 1.165) is 16.7 Å². The summed E-state index contributed by atoms with van der Waals surface area (Å²) in [6.45, 7) is 4.28. The maximum atomic E-state index is 13.6. The molecule has 5 rings (SSSR count). The molecule has 3 aromatic carbocycles. The molecule has 0 bridgehead atoms. The molecule has 0 unspecified atom stereocenters. The third-order valence-electron chi connectivity index (χ3n) is 6.49. The quantitative estimate of drug-likeness (QED) is 0.196. The number of nitrogens with one attached hydrogen (secondary N) is 2. The maximum absolute atomic E-state index is 13.6. The number of urea groups is 1. The van der Waals surface area contributed by atoms with E-state index >= 15 is 0 Å². The normalized spacial score (nSPS) is 18.0. The molecule has 0 saturated carbocycles. The van der Waals surface area contributed by atoms with Gasteiger partial charge in [0.25, 0.3) is 5.56 Å². The van der Waals surface area contributed by atoms with E-state index in [0.29, 0.717) is 28.3 Å². The van der Waals surface area contributed by atoms with Crippen molar-refractivity contribution >= 4 is 34.7 Å². The van der Waals surface area contributed by atoms with Crippen LogP contribution >= 0.6 is 11.8 Å². The number of para-hydroxylation sites is 1. The van der Waals surface area contributed by atoms with Crippen molar-refractivity contribution < 1.29 is 14.3 Å². The summed E-state index contributed by atoms with van der Waals surface area (Å²) in [5, 5.41) is 8.28. The number of carbonyl (C=O) groups excluding carboxylic acids is 2. The molecular weight excluding hydrogens is 512 g/mol. The Hall–Kier alpha value is -4.37. The molecule has 2 amide bonds. The van der Waals surface area contributed by atoms with Crippen LogP contribution in [-0.2, 0) is 16.1 Å². The van der Waals surface area contributed by atoms with Gasteiger partial charge < -0.3 is 15.4 Å². The number of amides is 2. The van der Waals surface area contributed by atoms with Gasteiger partial charge in [-0.2, -0.15) is 0 Å². The van der Waals surface area contributed by atoms with Crippen molar-refractivity contribution in [1.82, 2.24) is 20.2 Å². The van der Waals surface area contributed by atoms with Gasteiger partial charge >= 0.3 is 12.0 Å². The lowest BCUT2D eigenvalue weighted by molar-refractivity contribution is -0.147. The molecule has 39 heavy (non-hydrogen) atoms. The van der Waals surface area contributed by atoms with Gasteiger partial charge in [-0.05, 0) is 42.5 Å². The number of nitrogens with zero attached hydrogens (tertiary/aromatic N) is 2. The third kappa shape index (κ3) is 5.73. The average Bonchev–Trinajstić information content (AvgIpc) is 2.95. The van der Waals surface area contributed by atoms with Gasteiger partial charge in [0.15, 0.2) is 5.16 Å². The van der Waals surface area contributed by atoms with Crippen LogP contribution in [0.15, 0.2) is 99.9 Å². The number of benzene rings is 3. The number of rotatable bonds is 7. The van der Waals surface area contributed by atoms with Crippen molar-refractivity contribution in [3.05, 3.63) is 117 Å². The lowest BCUT2D eigenvalue weighted by Gasteiger charge is -2.33. The van der Waals surface area contributed by atoms with Crippen molar-refractivity contribution in [2.75, 3.05) is 6.61 Å². The van der Waals surface area contributed by atoms with E-state index in [4.69, 9.17) is 9.72 Å². The van der Waals surface area contributed by atoms with E-state index in [1.807, 2.05) is 73.7 Å². The largest absolute Gasteiger partial charge is 0.465 e. The number of fused-ring (bicyclic) bond motifs is 1. The molecule has 0 radical (unpaired) electrons. The third-order valence-corrected chi connectivity index (χ3v) is 7.39. The van der Waals surface area contributed by atoms with Crippen LogP contribution in [0.2, 0.25) is 0 Å². The number of aryl methyl sites for hydroxylation is 1. The highest BCUT2D eigenvalue weighted by atomic mass is 32.2. The molecule has 1 fully saturated rings. The molecule has 1 aliphatic heterocycles. The minimum Gasteiger partial charge on any atom is -0.465 e. The number of aromatic nitrogens is 2. The molecule has 8 nitrogen and oxygen atoms in total. The fourth-order valence-corrected chi connectivity index (χ4v) is 5.42. The van der Waals surface area contributed by atoms with E-state index in [2.05, 4.69) is 10.6 Å². The van der Waals surface area contributed by atoms with Crippen LogP contribution in [0.3, 0.4) is 0 Å². The standard InChI is InChI=1S/C30H28N4O4S/c1-3-38-28(36)25-24(31-29(37)33-26(25)21-9-5-4-6-10-21)18-39-30-32-23-12-8-7-11-22(23)27(35)34(30)17-20-15-13-19(2)14-16-20/h4-16,18,25-26H,3,17H2,1-2H3,(H2,31,33,37)/b24-18+/t25-,26-/m0/s1. The lowest BCUT2D eigenvalue weighted by atomic mass is 9.89. The van der Waals surface area contributed by atoms with Crippen LogP contribution in [0.1, 0.15) is 29.7 Å². The molecule has 1 aliphatic rings. The van der Waals surface area contributed by atoms with Crippen LogP contribution in [0.25, 0.3) is 10.9 Å². The topological polar surface area (TPSA) is 102 Å². The lowest BCUT2D eigenvalue weighted by Crippen LogP contribution is -2.51. The Labute approximate surface area is 230 Å². The van der Waals surface area contributed by atoms with Crippen molar-refractivity contribution in [2.24, 2.45) is 5.92 Å². The Morgan fingerprint density at radius 3 is 2.49 bits per heavy atom. The number of carbonyl (C=O) groups is 2. The summed E-state index contributed by atoms with van der Waals surface area (Å²) in [6.07, 6.45) is 0. The number of esters is 1. The van der Waals surface area contributed by atoms with Gasteiger partial charge in [0.1, 0.15) is 5.92 Å². The molecule has 1 saturated heterocycles. The van der Waals surface area contributed by atoms with Gasteiger partial charge in [0.05, 0.1) is 30.1 Å². The van der Waals surface area contributed by atoms with E-state index in [1.54, 1.807) is 29.0 Å². The monoisotopic (exact) mass is 540 g/mol. The van der Waals surface area contributed by atoms with Gasteiger partial charge in [-0.1, -0.05) is 84.1 Å². The van der Waals surface area contributed by atoms with Crippen molar-refractivity contribution in [1.29, 1.82) is 0 Å². The second kappa shape index (κ2) is 11.6. The van der Waals surface area contributed by atoms with Crippen LogP contribution < -0.4 is 16.2 Å². The van der Waals surface area contributed by atoms with Crippen molar-refractivity contribution in [3.8, 4) is 0 Å². The minimum atomic E-state index is -0.810. The molecule has 4 aromatic rings. The van der Waals surface area contributed by atoms with Gasteiger partial charge in [-0.3, -0.25) is 14.2 Å². The van der Waals surface area contributed by atoms with E-state index in [9.17, 15) is 14.4 Å². The van der Waals surface area contributed by atoms with Crippen LogP contribution in [0, 0.1) is 12.8 Å². The van der Waals surface area contributed by atoms with Crippen LogP contribution in [0.4, 0.5) is 4.79 Å². The summed E-state index contributed by atoms with van der Waals surface area (Å²) in [5.74, 6) is -1.27. The first kappa shape index (κ1) is 26.2. The summed E-state index contributed by atoms with van der Waals surface area (Å²) in [6, 6.07) is 23.4. The molecule has 2 heterocycles. The molecule has 2 N–H and O–H groups in total. The van der Waals surface area contributed by atoms with Gasteiger partial charge in [0.2, 0.25) is 0 Å². The highest BCUT2D eigenvalue weighted by Crippen LogP contribution is 2.33. The Bertz CT molecular complexity index is 1600. The Balaban J connectivity index is 1.57. The predicted molar refractivity (Wildman–Crippen MR) is 151 cm³/mol. The molecule has 1 aromatic heterocycles. The summed E-state index contributed by atoms with van der Waals surface area (Å²) < 4.78 is 7.01. The first-order valence-corrected chi connectivity index (χ1v) is 13.5. The highest BCUT2D eigenvalue weighted by Gasteiger charge is 2.39. The summed E-state index contributed by atoms with van der Waals surface area (Å²) in [7, 11) is 0. The van der Waals surface area contributed by atoms with E-state index < -0.39 is 24.0 Å². The summed E-state index contributed by atoms with van der Waals surface area (Å²) >= 11 is 1.18. The fraction of sp³-hybridized carbons (Fsp3) is 0.200. The smallest absolute Gasteiger partial charge is 0.319 e.